The number of aryl methyl sites for hydroxylation is 1. The number of ether oxygens (including phenoxy) is 1. The zero-order chi connectivity index (χ0) is 14.1. The van der Waals surface area contributed by atoms with Crippen LogP contribution in [0.3, 0.4) is 0 Å². The van der Waals surface area contributed by atoms with Gasteiger partial charge in [0.2, 0.25) is 0 Å². The van der Waals surface area contributed by atoms with Crippen LogP contribution in [-0.4, -0.2) is 11.6 Å². The molecule has 1 aromatic carbocycles. The number of hydrogen-bond donors (Lipinski definition) is 1. The molecule has 1 aliphatic rings. The van der Waals surface area contributed by atoms with Gasteiger partial charge in [0.1, 0.15) is 5.75 Å². The first-order valence-electron chi connectivity index (χ1n) is 6.44. The van der Waals surface area contributed by atoms with Crippen LogP contribution < -0.4 is 10.1 Å². The highest BCUT2D eigenvalue weighted by atomic mass is 79.9. The van der Waals surface area contributed by atoms with Crippen LogP contribution >= 0.6 is 27.5 Å². The number of nitrogens with one attached hydrogen (secondary N) is 1. The van der Waals surface area contributed by atoms with Crippen molar-refractivity contribution >= 4 is 33.2 Å². The van der Waals surface area contributed by atoms with Gasteiger partial charge in [-0.1, -0.05) is 27.5 Å². The summed E-state index contributed by atoms with van der Waals surface area (Å²) in [6.07, 6.45) is 2.66. The Kier molecular flexibility index (Phi) is 3.85. The summed E-state index contributed by atoms with van der Waals surface area (Å²) in [7, 11) is 0. The molecule has 0 saturated carbocycles. The van der Waals surface area contributed by atoms with E-state index in [0.717, 1.165) is 33.5 Å². The molecule has 1 unspecified atom stereocenters. The van der Waals surface area contributed by atoms with E-state index in [2.05, 4.69) is 32.3 Å². The summed E-state index contributed by atoms with van der Waals surface area (Å²) in [6.45, 7) is 2.70. The number of anilines is 1. The van der Waals surface area contributed by atoms with Gasteiger partial charge in [-0.2, -0.15) is 0 Å². The molecule has 0 aliphatic carbocycles. The number of pyridine rings is 1. The Morgan fingerprint density at radius 1 is 1.40 bits per heavy atom. The third-order valence-corrected chi connectivity index (χ3v) is 4.11. The third kappa shape index (κ3) is 2.76. The van der Waals surface area contributed by atoms with E-state index in [0.29, 0.717) is 11.8 Å². The standard InChI is InChI=1S/C15H14BrClN2O/c1-9-6-13(15(17)18-8-9)19-12-4-5-20-14-3-2-10(16)7-11(12)14/h2-3,6-8,12,19H,4-5H2,1H3. The summed E-state index contributed by atoms with van der Waals surface area (Å²) in [5.41, 5.74) is 3.09. The summed E-state index contributed by atoms with van der Waals surface area (Å²) in [4.78, 5) is 4.18. The van der Waals surface area contributed by atoms with Crippen LogP contribution in [-0.2, 0) is 0 Å². The molecule has 2 heterocycles. The van der Waals surface area contributed by atoms with Crippen molar-refractivity contribution < 1.29 is 4.74 Å². The molecular weight excluding hydrogens is 340 g/mol. The molecule has 1 N–H and O–H groups in total. The fourth-order valence-corrected chi connectivity index (χ4v) is 2.89. The molecular formula is C15H14BrClN2O. The van der Waals surface area contributed by atoms with Gasteiger partial charge in [0.05, 0.1) is 18.3 Å². The van der Waals surface area contributed by atoms with Crippen molar-refractivity contribution in [2.45, 2.75) is 19.4 Å². The lowest BCUT2D eigenvalue weighted by molar-refractivity contribution is 0.274. The van der Waals surface area contributed by atoms with E-state index in [1.165, 1.54) is 0 Å². The number of aromatic nitrogens is 1. The largest absolute Gasteiger partial charge is 0.493 e. The Hall–Kier alpha value is -1.26. The van der Waals surface area contributed by atoms with Crippen molar-refractivity contribution in [2.75, 3.05) is 11.9 Å². The van der Waals surface area contributed by atoms with Crippen molar-refractivity contribution in [3.63, 3.8) is 0 Å². The molecule has 0 bridgehead atoms. The van der Waals surface area contributed by atoms with Crippen LogP contribution in [0, 0.1) is 6.92 Å². The lowest BCUT2D eigenvalue weighted by atomic mass is 10.0. The molecule has 20 heavy (non-hydrogen) atoms. The van der Waals surface area contributed by atoms with Crippen molar-refractivity contribution in [1.82, 2.24) is 4.98 Å². The first-order chi connectivity index (χ1) is 9.63. The Labute approximate surface area is 131 Å². The number of hydrogen-bond acceptors (Lipinski definition) is 3. The van der Waals surface area contributed by atoms with E-state index in [-0.39, 0.29) is 6.04 Å². The van der Waals surface area contributed by atoms with Crippen LogP contribution in [0.25, 0.3) is 0 Å². The van der Waals surface area contributed by atoms with Gasteiger partial charge in [0.15, 0.2) is 5.15 Å². The van der Waals surface area contributed by atoms with Crippen LogP contribution in [0.5, 0.6) is 5.75 Å². The second kappa shape index (κ2) is 5.62. The average Bonchev–Trinajstić information content (AvgIpc) is 2.43. The molecule has 5 heteroatoms. The Balaban J connectivity index is 1.93. The average molecular weight is 354 g/mol. The number of fused-ring (bicyclic) bond motifs is 1. The van der Waals surface area contributed by atoms with Crippen LogP contribution in [0.15, 0.2) is 34.9 Å². The normalized spacial score (nSPS) is 17.2. The highest BCUT2D eigenvalue weighted by Gasteiger charge is 2.22. The first-order valence-corrected chi connectivity index (χ1v) is 7.61. The van der Waals surface area contributed by atoms with Gasteiger partial charge in [-0.15, -0.1) is 0 Å². The SMILES string of the molecule is Cc1cnc(Cl)c(NC2CCOc3ccc(Br)cc32)c1. The van der Waals surface area contributed by atoms with Crippen molar-refractivity contribution in [3.05, 3.63) is 51.2 Å². The molecule has 1 aromatic heterocycles. The Morgan fingerprint density at radius 2 is 2.25 bits per heavy atom. The number of halogens is 2. The molecule has 0 saturated heterocycles. The highest BCUT2D eigenvalue weighted by molar-refractivity contribution is 9.10. The van der Waals surface area contributed by atoms with Crippen molar-refractivity contribution in [1.29, 1.82) is 0 Å². The quantitative estimate of drug-likeness (QED) is 0.792. The fourth-order valence-electron chi connectivity index (χ4n) is 2.36. The number of rotatable bonds is 2. The second-order valence-corrected chi connectivity index (χ2v) is 6.14. The molecule has 3 nitrogen and oxygen atoms in total. The van der Waals surface area contributed by atoms with Gasteiger partial charge in [-0.25, -0.2) is 4.98 Å². The summed E-state index contributed by atoms with van der Waals surface area (Å²) < 4.78 is 6.73. The number of benzene rings is 1. The highest BCUT2D eigenvalue weighted by Crippen LogP contribution is 2.37. The molecule has 3 rings (SSSR count). The van der Waals surface area contributed by atoms with Crippen LogP contribution in [0.2, 0.25) is 5.15 Å². The lowest BCUT2D eigenvalue weighted by Crippen LogP contribution is -2.20. The molecule has 2 aromatic rings. The molecule has 0 amide bonds. The topological polar surface area (TPSA) is 34.2 Å². The van der Waals surface area contributed by atoms with Gasteiger partial charge in [0.25, 0.3) is 0 Å². The lowest BCUT2D eigenvalue weighted by Gasteiger charge is -2.28. The monoisotopic (exact) mass is 352 g/mol. The maximum Gasteiger partial charge on any atom is 0.152 e. The van der Waals surface area contributed by atoms with Crippen molar-refractivity contribution in [2.24, 2.45) is 0 Å². The van der Waals surface area contributed by atoms with E-state index in [4.69, 9.17) is 16.3 Å². The van der Waals surface area contributed by atoms with E-state index in [1.807, 2.05) is 25.1 Å². The van der Waals surface area contributed by atoms with Crippen LogP contribution in [0.4, 0.5) is 5.69 Å². The maximum absolute atomic E-state index is 6.16. The van der Waals surface area contributed by atoms with Gasteiger partial charge in [-0.05, 0) is 36.8 Å². The summed E-state index contributed by atoms with van der Waals surface area (Å²) in [5, 5.41) is 3.98. The minimum atomic E-state index is 0.178. The minimum Gasteiger partial charge on any atom is -0.493 e. The molecule has 1 atom stereocenters. The predicted octanol–water partition coefficient (Wildman–Crippen LogP) is 4.74. The molecule has 0 radical (unpaired) electrons. The van der Waals surface area contributed by atoms with Gasteiger partial charge < -0.3 is 10.1 Å². The van der Waals surface area contributed by atoms with E-state index in [9.17, 15) is 0 Å². The second-order valence-electron chi connectivity index (χ2n) is 4.87. The molecule has 0 fully saturated rings. The smallest absolute Gasteiger partial charge is 0.152 e. The van der Waals surface area contributed by atoms with Gasteiger partial charge in [0, 0.05) is 22.7 Å². The van der Waals surface area contributed by atoms with Crippen molar-refractivity contribution in [3.8, 4) is 5.75 Å². The number of nitrogens with zero attached hydrogens (tertiary/aromatic N) is 1. The summed E-state index contributed by atoms with van der Waals surface area (Å²) in [6, 6.07) is 8.26. The first kappa shape index (κ1) is 13.7. The van der Waals surface area contributed by atoms with E-state index in [1.54, 1.807) is 6.20 Å². The molecule has 0 spiro atoms. The summed E-state index contributed by atoms with van der Waals surface area (Å²) >= 11 is 9.67. The zero-order valence-corrected chi connectivity index (χ0v) is 13.3. The zero-order valence-electron chi connectivity index (χ0n) is 11.0. The third-order valence-electron chi connectivity index (χ3n) is 3.32. The van der Waals surface area contributed by atoms with Gasteiger partial charge in [-0.3, -0.25) is 0 Å². The van der Waals surface area contributed by atoms with E-state index < -0.39 is 0 Å². The van der Waals surface area contributed by atoms with Crippen LogP contribution in [0.1, 0.15) is 23.6 Å². The predicted molar refractivity (Wildman–Crippen MR) is 84.6 cm³/mol. The molecule has 1 aliphatic heterocycles. The maximum atomic E-state index is 6.16. The summed E-state index contributed by atoms with van der Waals surface area (Å²) in [5.74, 6) is 0.925. The Morgan fingerprint density at radius 3 is 3.10 bits per heavy atom. The van der Waals surface area contributed by atoms with Gasteiger partial charge >= 0.3 is 0 Å². The minimum absolute atomic E-state index is 0.178. The fraction of sp³-hybridized carbons (Fsp3) is 0.267. The van der Waals surface area contributed by atoms with E-state index >= 15 is 0 Å². The Bertz CT molecular complexity index is 648. The molecule has 104 valence electrons.